The van der Waals surface area contributed by atoms with E-state index in [1.165, 1.54) is 42.5 Å². The standard InChI is InChI=1S/C15H13ClF2N2O/c1-9(19-12-6-7-14(18)13(16)8-12)15(21)20-11-4-2-10(17)3-5-11/h2-9,19H,1H3,(H,20,21)/t9-/m0/s1. The Morgan fingerprint density at radius 2 is 1.71 bits per heavy atom. The smallest absolute Gasteiger partial charge is 0.246 e. The second kappa shape index (κ2) is 6.54. The van der Waals surface area contributed by atoms with Gasteiger partial charge >= 0.3 is 0 Å². The third kappa shape index (κ3) is 4.16. The molecule has 0 unspecified atom stereocenters. The highest BCUT2D eigenvalue weighted by Crippen LogP contribution is 2.20. The maximum absolute atomic E-state index is 13.0. The number of hydrogen-bond acceptors (Lipinski definition) is 2. The van der Waals surface area contributed by atoms with E-state index in [-0.39, 0.29) is 16.7 Å². The number of anilines is 2. The lowest BCUT2D eigenvalue weighted by molar-refractivity contribution is -0.116. The molecule has 0 aromatic heterocycles. The number of benzene rings is 2. The van der Waals surface area contributed by atoms with Gasteiger partial charge in [-0.25, -0.2) is 8.78 Å². The summed E-state index contributed by atoms with van der Waals surface area (Å²) in [5, 5.41) is 5.52. The topological polar surface area (TPSA) is 41.1 Å². The summed E-state index contributed by atoms with van der Waals surface area (Å²) in [6.07, 6.45) is 0. The maximum Gasteiger partial charge on any atom is 0.246 e. The summed E-state index contributed by atoms with van der Waals surface area (Å²) in [4.78, 5) is 12.0. The minimum Gasteiger partial charge on any atom is -0.374 e. The van der Waals surface area contributed by atoms with Gasteiger partial charge in [-0.05, 0) is 49.4 Å². The van der Waals surface area contributed by atoms with Gasteiger partial charge in [0.15, 0.2) is 0 Å². The summed E-state index contributed by atoms with van der Waals surface area (Å²) in [5.74, 6) is -1.20. The first-order valence-electron chi connectivity index (χ1n) is 6.24. The van der Waals surface area contributed by atoms with Gasteiger partial charge < -0.3 is 10.6 Å². The van der Waals surface area contributed by atoms with Crippen LogP contribution in [-0.2, 0) is 4.79 Å². The highest BCUT2D eigenvalue weighted by atomic mass is 35.5. The van der Waals surface area contributed by atoms with E-state index >= 15 is 0 Å². The SMILES string of the molecule is C[C@H](Nc1ccc(F)c(Cl)c1)C(=O)Nc1ccc(F)cc1. The van der Waals surface area contributed by atoms with E-state index in [1.54, 1.807) is 6.92 Å². The molecule has 0 saturated carbocycles. The molecule has 2 N–H and O–H groups in total. The van der Waals surface area contributed by atoms with Crippen molar-refractivity contribution in [1.82, 2.24) is 0 Å². The fourth-order valence-electron chi connectivity index (χ4n) is 1.69. The number of hydrogen-bond donors (Lipinski definition) is 2. The molecule has 1 atom stereocenters. The molecule has 0 aliphatic rings. The molecule has 0 aliphatic heterocycles. The van der Waals surface area contributed by atoms with Crippen molar-refractivity contribution in [2.24, 2.45) is 0 Å². The first kappa shape index (κ1) is 15.3. The normalized spacial score (nSPS) is 11.8. The summed E-state index contributed by atoms with van der Waals surface area (Å²) < 4.78 is 25.8. The molecule has 0 heterocycles. The van der Waals surface area contributed by atoms with E-state index < -0.39 is 11.9 Å². The molecule has 0 radical (unpaired) electrons. The summed E-state index contributed by atoms with van der Waals surface area (Å²) in [6, 6.07) is 8.98. The van der Waals surface area contributed by atoms with Crippen LogP contribution in [0.4, 0.5) is 20.2 Å². The highest BCUT2D eigenvalue weighted by molar-refractivity contribution is 6.31. The largest absolute Gasteiger partial charge is 0.374 e. The number of halogens is 3. The molecule has 21 heavy (non-hydrogen) atoms. The van der Waals surface area contributed by atoms with Crippen LogP contribution < -0.4 is 10.6 Å². The molecule has 0 saturated heterocycles. The van der Waals surface area contributed by atoms with Crippen LogP contribution in [0.2, 0.25) is 5.02 Å². The van der Waals surface area contributed by atoms with Crippen LogP contribution in [0.25, 0.3) is 0 Å². The number of rotatable bonds is 4. The third-order valence-corrected chi connectivity index (χ3v) is 3.10. The van der Waals surface area contributed by atoms with Gasteiger partial charge in [-0.1, -0.05) is 11.6 Å². The fraction of sp³-hybridized carbons (Fsp3) is 0.133. The first-order chi connectivity index (χ1) is 9.95. The quantitative estimate of drug-likeness (QED) is 0.894. The van der Waals surface area contributed by atoms with E-state index in [2.05, 4.69) is 10.6 Å². The fourth-order valence-corrected chi connectivity index (χ4v) is 1.87. The summed E-state index contributed by atoms with van der Waals surface area (Å²) in [6.45, 7) is 1.65. The van der Waals surface area contributed by atoms with Crippen LogP contribution in [0.1, 0.15) is 6.92 Å². The van der Waals surface area contributed by atoms with Crippen molar-refractivity contribution < 1.29 is 13.6 Å². The lowest BCUT2D eigenvalue weighted by atomic mass is 10.2. The number of nitrogens with one attached hydrogen (secondary N) is 2. The van der Waals surface area contributed by atoms with E-state index in [4.69, 9.17) is 11.6 Å². The minimum atomic E-state index is -0.573. The molecule has 1 amide bonds. The molecule has 0 spiro atoms. The van der Waals surface area contributed by atoms with Crippen molar-refractivity contribution in [3.8, 4) is 0 Å². The zero-order valence-corrected chi connectivity index (χ0v) is 11.9. The van der Waals surface area contributed by atoms with E-state index in [0.29, 0.717) is 11.4 Å². The van der Waals surface area contributed by atoms with Crippen LogP contribution in [-0.4, -0.2) is 11.9 Å². The second-order valence-electron chi connectivity index (χ2n) is 4.49. The van der Waals surface area contributed by atoms with Gasteiger partial charge in [-0.3, -0.25) is 4.79 Å². The van der Waals surface area contributed by atoms with Gasteiger partial charge in [0.25, 0.3) is 0 Å². The monoisotopic (exact) mass is 310 g/mol. The zero-order chi connectivity index (χ0) is 15.4. The maximum atomic E-state index is 13.0. The molecule has 2 rings (SSSR count). The summed E-state index contributed by atoms with van der Waals surface area (Å²) in [7, 11) is 0. The van der Waals surface area contributed by atoms with Gasteiger partial charge in [0.05, 0.1) is 5.02 Å². The predicted molar refractivity (Wildman–Crippen MR) is 79.5 cm³/mol. The Bertz CT molecular complexity index is 647. The number of carbonyl (C=O) groups excluding carboxylic acids is 1. The average molecular weight is 311 g/mol. The van der Waals surface area contributed by atoms with E-state index in [9.17, 15) is 13.6 Å². The molecule has 110 valence electrons. The van der Waals surface area contributed by atoms with Crippen LogP contribution in [0.15, 0.2) is 42.5 Å². The van der Waals surface area contributed by atoms with E-state index in [0.717, 1.165) is 0 Å². The minimum absolute atomic E-state index is 0.0221. The van der Waals surface area contributed by atoms with Crippen LogP contribution in [0, 0.1) is 11.6 Å². The van der Waals surface area contributed by atoms with Gasteiger partial charge in [0.1, 0.15) is 17.7 Å². The molecule has 0 aliphatic carbocycles. The van der Waals surface area contributed by atoms with Gasteiger partial charge in [0.2, 0.25) is 5.91 Å². The number of amides is 1. The lowest BCUT2D eigenvalue weighted by Crippen LogP contribution is -2.31. The van der Waals surface area contributed by atoms with Crippen molar-refractivity contribution >= 4 is 28.9 Å². The van der Waals surface area contributed by atoms with Crippen LogP contribution in [0.5, 0.6) is 0 Å². The van der Waals surface area contributed by atoms with Crippen molar-refractivity contribution in [2.75, 3.05) is 10.6 Å². The van der Waals surface area contributed by atoms with Crippen LogP contribution in [0.3, 0.4) is 0 Å². The molecule has 2 aromatic rings. The van der Waals surface area contributed by atoms with Crippen LogP contribution >= 0.6 is 11.6 Å². The molecule has 0 fully saturated rings. The average Bonchev–Trinajstić information content (AvgIpc) is 2.45. The molecular formula is C15H13ClF2N2O. The van der Waals surface area contributed by atoms with Gasteiger partial charge in [-0.2, -0.15) is 0 Å². The molecule has 2 aromatic carbocycles. The molecule has 0 bridgehead atoms. The number of carbonyl (C=O) groups is 1. The summed E-state index contributed by atoms with van der Waals surface area (Å²) >= 11 is 5.67. The Balaban J connectivity index is 1.98. The first-order valence-corrected chi connectivity index (χ1v) is 6.61. The Kier molecular flexibility index (Phi) is 4.75. The summed E-state index contributed by atoms with van der Waals surface area (Å²) in [5.41, 5.74) is 1.02. The Morgan fingerprint density at radius 1 is 1.10 bits per heavy atom. The predicted octanol–water partition coefficient (Wildman–Crippen LogP) is 4.06. The van der Waals surface area contributed by atoms with Gasteiger partial charge in [0, 0.05) is 11.4 Å². The van der Waals surface area contributed by atoms with Gasteiger partial charge in [-0.15, -0.1) is 0 Å². The highest BCUT2D eigenvalue weighted by Gasteiger charge is 2.13. The molecular weight excluding hydrogens is 298 g/mol. The molecule has 6 heteroatoms. The zero-order valence-electron chi connectivity index (χ0n) is 11.2. The van der Waals surface area contributed by atoms with Crippen molar-refractivity contribution in [3.63, 3.8) is 0 Å². The Labute approximate surface area is 125 Å². The Hall–Kier alpha value is -2.14. The van der Waals surface area contributed by atoms with E-state index in [1.807, 2.05) is 0 Å². The Morgan fingerprint density at radius 3 is 2.33 bits per heavy atom. The second-order valence-corrected chi connectivity index (χ2v) is 4.90. The van der Waals surface area contributed by atoms with Crippen molar-refractivity contribution in [3.05, 3.63) is 59.1 Å². The van der Waals surface area contributed by atoms with Crippen molar-refractivity contribution in [2.45, 2.75) is 13.0 Å². The lowest BCUT2D eigenvalue weighted by Gasteiger charge is -2.15. The molecule has 3 nitrogen and oxygen atoms in total. The van der Waals surface area contributed by atoms with Crippen molar-refractivity contribution in [1.29, 1.82) is 0 Å². The third-order valence-electron chi connectivity index (χ3n) is 2.81.